The molecule has 0 radical (unpaired) electrons. The van der Waals surface area contributed by atoms with E-state index in [1.807, 2.05) is 18.2 Å². The number of nitrogens with one attached hydrogen (secondary N) is 2. The van der Waals surface area contributed by atoms with Crippen LogP contribution in [0.5, 0.6) is 0 Å². The van der Waals surface area contributed by atoms with Gasteiger partial charge in [0.2, 0.25) is 0 Å². The molecule has 1 unspecified atom stereocenters. The number of aliphatic hydroxyl groups is 1. The van der Waals surface area contributed by atoms with Crippen molar-refractivity contribution in [3.8, 4) is 0 Å². The van der Waals surface area contributed by atoms with Gasteiger partial charge in [0.1, 0.15) is 12.1 Å². The fourth-order valence-electron chi connectivity index (χ4n) is 2.16. The Labute approximate surface area is 121 Å². The molecule has 3 rings (SSSR count). The fraction of sp³-hybridized carbons (Fsp3) is 0.286. The minimum Gasteiger partial charge on any atom is -0.396 e. The molecule has 0 aromatic carbocycles. The molecule has 21 heavy (non-hydrogen) atoms. The van der Waals surface area contributed by atoms with Gasteiger partial charge < -0.3 is 10.4 Å². The lowest BCUT2D eigenvalue weighted by molar-refractivity contribution is 0.232. The van der Waals surface area contributed by atoms with Crippen LogP contribution >= 0.6 is 0 Å². The van der Waals surface area contributed by atoms with E-state index in [2.05, 4.69) is 30.5 Å². The van der Waals surface area contributed by atoms with Crippen molar-refractivity contribution in [1.29, 1.82) is 0 Å². The van der Waals surface area contributed by atoms with E-state index in [0.29, 0.717) is 24.4 Å². The maximum atomic E-state index is 9.52. The van der Waals surface area contributed by atoms with Crippen molar-refractivity contribution in [3.63, 3.8) is 0 Å². The lowest BCUT2D eigenvalue weighted by Crippen LogP contribution is -2.21. The monoisotopic (exact) mass is 284 g/mol. The van der Waals surface area contributed by atoms with Crippen LogP contribution in [0.3, 0.4) is 0 Å². The number of nitrogens with zero attached hydrogens (tertiary/aromatic N) is 4. The third-order valence-corrected chi connectivity index (χ3v) is 3.29. The van der Waals surface area contributed by atoms with E-state index < -0.39 is 0 Å². The van der Waals surface area contributed by atoms with Crippen molar-refractivity contribution in [2.75, 3.05) is 18.5 Å². The molecule has 7 heteroatoms. The predicted octanol–water partition coefficient (Wildman–Crippen LogP) is 1.01. The van der Waals surface area contributed by atoms with Crippen molar-refractivity contribution in [2.45, 2.75) is 6.42 Å². The maximum Gasteiger partial charge on any atom is 0.160 e. The van der Waals surface area contributed by atoms with Gasteiger partial charge in [-0.1, -0.05) is 6.07 Å². The molecule has 0 aliphatic heterocycles. The Hall–Kier alpha value is -2.54. The minimum atomic E-state index is 0.0665. The molecule has 3 aromatic rings. The van der Waals surface area contributed by atoms with Crippen LogP contribution in [0.2, 0.25) is 0 Å². The highest BCUT2D eigenvalue weighted by Gasteiger charge is 2.11. The number of hydrogen-bond acceptors (Lipinski definition) is 6. The fourth-order valence-corrected chi connectivity index (χ4v) is 2.16. The molecular weight excluding hydrogens is 268 g/mol. The zero-order valence-electron chi connectivity index (χ0n) is 11.4. The molecule has 0 saturated heterocycles. The molecule has 0 aliphatic rings. The number of pyridine rings is 1. The van der Waals surface area contributed by atoms with Gasteiger partial charge in [-0.15, -0.1) is 0 Å². The largest absolute Gasteiger partial charge is 0.396 e. The van der Waals surface area contributed by atoms with Gasteiger partial charge in [-0.2, -0.15) is 5.10 Å². The Balaban J connectivity index is 1.66. The molecule has 0 fully saturated rings. The van der Waals surface area contributed by atoms with Crippen LogP contribution in [-0.4, -0.2) is 43.4 Å². The van der Waals surface area contributed by atoms with E-state index in [1.165, 1.54) is 6.33 Å². The summed E-state index contributed by atoms with van der Waals surface area (Å²) in [5, 5.41) is 20.4. The quantitative estimate of drug-likeness (QED) is 0.624. The van der Waals surface area contributed by atoms with Crippen LogP contribution < -0.4 is 5.32 Å². The molecule has 3 heterocycles. The van der Waals surface area contributed by atoms with E-state index >= 15 is 0 Å². The van der Waals surface area contributed by atoms with Gasteiger partial charge in [0.15, 0.2) is 5.65 Å². The van der Waals surface area contributed by atoms with Crippen LogP contribution in [0, 0.1) is 5.92 Å². The smallest absolute Gasteiger partial charge is 0.160 e. The summed E-state index contributed by atoms with van der Waals surface area (Å²) in [6.45, 7) is 0.688. The Morgan fingerprint density at radius 1 is 1.24 bits per heavy atom. The summed E-state index contributed by atoms with van der Waals surface area (Å²) in [6, 6.07) is 5.79. The van der Waals surface area contributed by atoms with E-state index in [1.54, 1.807) is 12.4 Å². The number of aromatic nitrogens is 5. The first-order chi connectivity index (χ1) is 10.4. The average molecular weight is 284 g/mol. The summed E-state index contributed by atoms with van der Waals surface area (Å²) in [6.07, 6.45) is 5.64. The maximum absolute atomic E-state index is 9.52. The molecule has 0 aliphatic carbocycles. The zero-order valence-corrected chi connectivity index (χ0v) is 11.4. The second-order valence-corrected chi connectivity index (χ2v) is 4.81. The summed E-state index contributed by atoms with van der Waals surface area (Å²) < 4.78 is 0. The summed E-state index contributed by atoms with van der Waals surface area (Å²) in [5.41, 5.74) is 1.66. The molecule has 3 aromatic heterocycles. The Kier molecular flexibility index (Phi) is 4.02. The SMILES string of the molecule is OCC(CNc1ncnc2[nH]ncc12)Cc1ccccn1. The van der Waals surface area contributed by atoms with E-state index in [-0.39, 0.29) is 12.5 Å². The standard InChI is InChI=1S/C14H16N6O/c21-8-10(5-11-3-1-2-4-15-11)6-16-13-12-7-19-20-14(12)18-9-17-13/h1-4,7,9-10,21H,5-6,8H2,(H2,16,17,18,19,20). The topological polar surface area (TPSA) is 99.6 Å². The molecule has 108 valence electrons. The van der Waals surface area contributed by atoms with Crippen molar-refractivity contribution in [1.82, 2.24) is 25.1 Å². The van der Waals surface area contributed by atoms with Gasteiger partial charge in [0, 0.05) is 31.0 Å². The molecule has 3 N–H and O–H groups in total. The van der Waals surface area contributed by atoms with Gasteiger partial charge in [0.05, 0.1) is 11.6 Å². The summed E-state index contributed by atoms with van der Waals surface area (Å²) >= 11 is 0. The number of H-pyrrole nitrogens is 1. The molecule has 0 bridgehead atoms. The first-order valence-corrected chi connectivity index (χ1v) is 6.75. The first-order valence-electron chi connectivity index (χ1n) is 6.75. The van der Waals surface area contributed by atoms with E-state index in [0.717, 1.165) is 11.1 Å². The molecule has 7 nitrogen and oxygen atoms in total. The van der Waals surface area contributed by atoms with Crippen molar-refractivity contribution >= 4 is 16.9 Å². The van der Waals surface area contributed by atoms with Gasteiger partial charge in [0.25, 0.3) is 0 Å². The number of aromatic amines is 1. The van der Waals surface area contributed by atoms with Crippen LogP contribution in [0.4, 0.5) is 5.82 Å². The second kappa shape index (κ2) is 6.27. The van der Waals surface area contributed by atoms with Gasteiger partial charge in [-0.3, -0.25) is 10.1 Å². The molecule has 1 atom stereocenters. The van der Waals surface area contributed by atoms with Gasteiger partial charge in [-0.05, 0) is 18.6 Å². The third kappa shape index (κ3) is 3.14. The number of aliphatic hydroxyl groups excluding tert-OH is 1. The highest BCUT2D eigenvalue weighted by Crippen LogP contribution is 2.17. The van der Waals surface area contributed by atoms with Crippen molar-refractivity contribution in [3.05, 3.63) is 42.6 Å². The normalized spacial score (nSPS) is 12.4. The second-order valence-electron chi connectivity index (χ2n) is 4.81. The van der Waals surface area contributed by atoms with Crippen LogP contribution in [0.15, 0.2) is 36.9 Å². The van der Waals surface area contributed by atoms with E-state index in [9.17, 15) is 5.11 Å². The van der Waals surface area contributed by atoms with Crippen molar-refractivity contribution in [2.24, 2.45) is 5.92 Å². The van der Waals surface area contributed by atoms with Gasteiger partial charge in [-0.25, -0.2) is 9.97 Å². The molecule has 0 amide bonds. The molecule has 0 saturated carbocycles. The summed E-state index contributed by atoms with van der Waals surface area (Å²) in [7, 11) is 0. The summed E-state index contributed by atoms with van der Waals surface area (Å²) in [5.74, 6) is 0.782. The number of anilines is 1. The van der Waals surface area contributed by atoms with Crippen LogP contribution in [0.25, 0.3) is 11.0 Å². The number of fused-ring (bicyclic) bond motifs is 1. The summed E-state index contributed by atoms with van der Waals surface area (Å²) in [4.78, 5) is 12.6. The third-order valence-electron chi connectivity index (χ3n) is 3.29. The Morgan fingerprint density at radius 3 is 3.00 bits per heavy atom. The molecule has 0 spiro atoms. The van der Waals surface area contributed by atoms with E-state index in [4.69, 9.17) is 0 Å². The first kappa shape index (κ1) is 13.4. The average Bonchev–Trinajstić information content (AvgIpc) is 3.01. The Morgan fingerprint density at radius 2 is 2.19 bits per heavy atom. The lowest BCUT2D eigenvalue weighted by atomic mass is 10.0. The van der Waals surface area contributed by atoms with Crippen LogP contribution in [-0.2, 0) is 6.42 Å². The Bertz CT molecular complexity index is 699. The number of hydrogen-bond donors (Lipinski definition) is 3. The minimum absolute atomic E-state index is 0.0665. The highest BCUT2D eigenvalue weighted by atomic mass is 16.3. The van der Waals surface area contributed by atoms with Gasteiger partial charge >= 0.3 is 0 Å². The van der Waals surface area contributed by atoms with Crippen LogP contribution in [0.1, 0.15) is 5.69 Å². The lowest BCUT2D eigenvalue weighted by Gasteiger charge is -2.15. The number of rotatable bonds is 6. The molecular formula is C14H16N6O. The zero-order chi connectivity index (χ0) is 14.5. The van der Waals surface area contributed by atoms with Crippen molar-refractivity contribution < 1.29 is 5.11 Å². The highest BCUT2D eigenvalue weighted by molar-refractivity contribution is 5.85. The predicted molar refractivity (Wildman–Crippen MR) is 78.7 cm³/mol.